The lowest BCUT2D eigenvalue weighted by molar-refractivity contribution is 0.00991. The molecule has 1 fully saturated rings. The van der Waals surface area contributed by atoms with E-state index in [1.54, 1.807) is 13.2 Å². The van der Waals surface area contributed by atoms with E-state index in [9.17, 15) is 4.39 Å². The van der Waals surface area contributed by atoms with Crippen molar-refractivity contribution in [1.29, 1.82) is 0 Å². The van der Waals surface area contributed by atoms with Crippen LogP contribution in [0.25, 0.3) is 0 Å². The first-order valence-corrected chi connectivity index (χ1v) is 10.7. The van der Waals surface area contributed by atoms with Gasteiger partial charge in [0.2, 0.25) is 0 Å². The fraction of sp³-hybridized carbons (Fsp3) is 0.650. The molecule has 0 spiro atoms. The van der Waals surface area contributed by atoms with E-state index in [1.807, 2.05) is 12.1 Å². The topological polar surface area (TPSA) is 46.1 Å². The second-order valence-electron chi connectivity index (χ2n) is 6.42. The lowest BCUT2D eigenvalue weighted by Gasteiger charge is -2.34. The highest BCUT2D eigenvalue weighted by molar-refractivity contribution is 7.99. The Kier molecular flexibility index (Phi) is 10.6. The predicted molar refractivity (Wildman–Crippen MR) is 110 cm³/mol. The van der Waals surface area contributed by atoms with Crippen molar-refractivity contribution in [3.05, 3.63) is 30.1 Å². The molecule has 0 aromatic heterocycles. The van der Waals surface area contributed by atoms with Crippen LogP contribution in [0.1, 0.15) is 26.2 Å². The molecule has 1 saturated heterocycles. The van der Waals surface area contributed by atoms with Crippen LogP contribution in [0.2, 0.25) is 0 Å². The molecule has 27 heavy (non-hydrogen) atoms. The van der Waals surface area contributed by atoms with Crippen LogP contribution in [0.15, 0.2) is 34.2 Å². The molecule has 7 heteroatoms. The van der Waals surface area contributed by atoms with E-state index in [0.717, 1.165) is 63.8 Å². The predicted octanol–water partition coefficient (Wildman–Crippen LogP) is 3.40. The normalized spacial score (nSPS) is 16.0. The first-order valence-electron chi connectivity index (χ1n) is 9.75. The minimum atomic E-state index is -0.161. The van der Waals surface area contributed by atoms with E-state index in [4.69, 9.17) is 14.5 Å². The van der Waals surface area contributed by atoms with Gasteiger partial charge in [0.25, 0.3) is 0 Å². The Morgan fingerprint density at radius 3 is 2.78 bits per heavy atom. The first kappa shape index (κ1) is 22.0. The van der Waals surface area contributed by atoms with Crippen LogP contribution in [0, 0.1) is 5.82 Å². The Labute approximate surface area is 166 Å². The summed E-state index contributed by atoms with van der Waals surface area (Å²) in [7, 11) is 1.72. The number of ether oxygens (including phenoxy) is 2. The maximum absolute atomic E-state index is 13.7. The number of hydrogen-bond donors (Lipinski definition) is 1. The average molecular weight is 398 g/mol. The molecule has 0 radical (unpaired) electrons. The van der Waals surface area contributed by atoms with E-state index >= 15 is 0 Å². The number of nitrogens with one attached hydrogen (secondary N) is 1. The van der Waals surface area contributed by atoms with Crippen LogP contribution in [-0.4, -0.2) is 69.2 Å². The van der Waals surface area contributed by atoms with Gasteiger partial charge in [-0.2, -0.15) is 0 Å². The van der Waals surface area contributed by atoms with Gasteiger partial charge in [0.05, 0.1) is 12.6 Å². The standard InChI is InChI=1S/C20H32FN3O2S/c1-3-22-20(23-11-16-27-19-8-5-4-7-18(19)21)24-12-9-17(10-13-24)26-15-6-14-25-2/h4-5,7-8,17H,3,6,9-16H2,1-2H3,(H,22,23). The van der Waals surface area contributed by atoms with Crippen LogP contribution in [0.4, 0.5) is 4.39 Å². The summed E-state index contributed by atoms with van der Waals surface area (Å²) in [5.74, 6) is 1.55. The van der Waals surface area contributed by atoms with E-state index < -0.39 is 0 Å². The molecule has 0 bridgehead atoms. The van der Waals surface area contributed by atoms with Gasteiger partial charge in [-0.1, -0.05) is 12.1 Å². The van der Waals surface area contributed by atoms with Gasteiger partial charge >= 0.3 is 0 Å². The lowest BCUT2D eigenvalue weighted by Crippen LogP contribution is -2.47. The molecule has 1 aromatic rings. The summed E-state index contributed by atoms with van der Waals surface area (Å²) < 4.78 is 24.6. The number of piperidine rings is 1. The van der Waals surface area contributed by atoms with E-state index in [1.165, 1.54) is 17.8 Å². The summed E-state index contributed by atoms with van der Waals surface area (Å²) in [6.45, 7) is 6.99. The third kappa shape index (κ3) is 8.07. The minimum Gasteiger partial charge on any atom is -0.385 e. The SMILES string of the molecule is CCNC(=NCCSc1ccccc1F)N1CCC(OCCCOC)CC1. The molecule has 0 aliphatic carbocycles. The van der Waals surface area contributed by atoms with Gasteiger partial charge in [0, 0.05) is 50.6 Å². The third-order valence-electron chi connectivity index (χ3n) is 4.37. The fourth-order valence-electron chi connectivity index (χ4n) is 2.98. The van der Waals surface area contributed by atoms with Crippen molar-refractivity contribution in [1.82, 2.24) is 10.2 Å². The molecule has 1 aliphatic heterocycles. The summed E-state index contributed by atoms with van der Waals surface area (Å²) >= 11 is 1.51. The van der Waals surface area contributed by atoms with Gasteiger partial charge in [-0.3, -0.25) is 4.99 Å². The van der Waals surface area contributed by atoms with Crippen LogP contribution >= 0.6 is 11.8 Å². The average Bonchev–Trinajstić information content (AvgIpc) is 2.69. The Hall–Kier alpha value is -1.31. The molecular formula is C20H32FN3O2S. The molecule has 1 aromatic carbocycles. The second kappa shape index (κ2) is 13.0. The van der Waals surface area contributed by atoms with Gasteiger partial charge in [-0.05, 0) is 38.3 Å². The van der Waals surface area contributed by atoms with Gasteiger partial charge in [0.15, 0.2) is 5.96 Å². The van der Waals surface area contributed by atoms with Crippen molar-refractivity contribution in [2.24, 2.45) is 4.99 Å². The van der Waals surface area contributed by atoms with Crippen LogP contribution < -0.4 is 5.32 Å². The van der Waals surface area contributed by atoms with E-state index in [0.29, 0.717) is 17.5 Å². The highest BCUT2D eigenvalue weighted by Crippen LogP contribution is 2.21. The van der Waals surface area contributed by atoms with E-state index in [2.05, 4.69) is 17.1 Å². The molecule has 152 valence electrons. The van der Waals surface area contributed by atoms with Gasteiger partial charge < -0.3 is 19.7 Å². The minimum absolute atomic E-state index is 0.161. The number of halogens is 1. The molecule has 0 amide bonds. The zero-order valence-electron chi connectivity index (χ0n) is 16.5. The van der Waals surface area contributed by atoms with Crippen molar-refractivity contribution in [3.63, 3.8) is 0 Å². The fourth-order valence-corrected chi connectivity index (χ4v) is 3.77. The Bertz CT molecular complexity index is 566. The van der Waals surface area contributed by atoms with Crippen LogP contribution in [0.3, 0.4) is 0 Å². The smallest absolute Gasteiger partial charge is 0.193 e. The quantitative estimate of drug-likeness (QED) is 0.284. The summed E-state index contributed by atoms with van der Waals surface area (Å²) in [6.07, 6.45) is 3.31. The molecule has 1 N–H and O–H groups in total. The molecule has 1 aliphatic rings. The number of thioether (sulfide) groups is 1. The summed E-state index contributed by atoms with van der Waals surface area (Å²) in [4.78, 5) is 7.71. The van der Waals surface area contributed by atoms with Gasteiger partial charge in [-0.15, -0.1) is 11.8 Å². The first-order chi connectivity index (χ1) is 13.2. The number of likely N-dealkylation sites (tertiary alicyclic amines) is 1. The van der Waals surface area contributed by atoms with Crippen LogP contribution in [-0.2, 0) is 9.47 Å². The van der Waals surface area contributed by atoms with Gasteiger partial charge in [0.1, 0.15) is 5.82 Å². The summed E-state index contributed by atoms with van der Waals surface area (Å²) in [5, 5.41) is 3.37. The summed E-state index contributed by atoms with van der Waals surface area (Å²) in [5.41, 5.74) is 0. The number of rotatable bonds is 10. The molecule has 2 rings (SSSR count). The molecule has 0 unspecified atom stereocenters. The van der Waals surface area contributed by atoms with Crippen molar-refractivity contribution in [2.75, 3.05) is 52.3 Å². The number of aliphatic imine (C=N–C) groups is 1. The number of methoxy groups -OCH3 is 1. The number of nitrogens with zero attached hydrogens (tertiary/aromatic N) is 2. The van der Waals surface area contributed by atoms with E-state index in [-0.39, 0.29) is 5.82 Å². The highest BCUT2D eigenvalue weighted by Gasteiger charge is 2.21. The third-order valence-corrected chi connectivity index (χ3v) is 5.40. The lowest BCUT2D eigenvalue weighted by atomic mass is 10.1. The molecule has 5 nitrogen and oxygen atoms in total. The number of hydrogen-bond acceptors (Lipinski definition) is 4. The molecule has 0 atom stereocenters. The van der Waals surface area contributed by atoms with Crippen LogP contribution in [0.5, 0.6) is 0 Å². The van der Waals surface area contributed by atoms with Gasteiger partial charge in [-0.25, -0.2) is 4.39 Å². The molecular weight excluding hydrogens is 365 g/mol. The van der Waals surface area contributed by atoms with Crippen molar-refractivity contribution in [3.8, 4) is 0 Å². The Morgan fingerprint density at radius 2 is 2.07 bits per heavy atom. The number of benzene rings is 1. The van der Waals surface area contributed by atoms with Crippen molar-refractivity contribution < 1.29 is 13.9 Å². The Morgan fingerprint density at radius 1 is 1.30 bits per heavy atom. The maximum Gasteiger partial charge on any atom is 0.193 e. The molecule has 1 heterocycles. The zero-order valence-corrected chi connectivity index (χ0v) is 17.3. The number of guanidine groups is 1. The second-order valence-corrected chi connectivity index (χ2v) is 7.55. The highest BCUT2D eigenvalue weighted by atomic mass is 32.2. The van der Waals surface area contributed by atoms with Crippen molar-refractivity contribution in [2.45, 2.75) is 37.2 Å². The zero-order chi connectivity index (χ0) is 19.3. The maximum atomic E-state index is 13.7. The molecule has 0 saturated carbocycles. The van der Waals surface area contributed by atoms with Crippen molar-refractivity contribution >= 4 is 17.7 Å². The Balaban J connectivity index is 1.74. The largest absolute Gasteiger partial charge is 0.385 e. The monoisotopic (exact) mass is 397 g/mol. The summed E-state index contributed by atoms with van der Waals surface area (Å²) in [6, 6.07) is 6.88.